The number of nitrogens with zero attached hydrogens (tertiary/aromatic N) is 2. The summed E-state index contributed by atoms with van der Waals surface area (Å²) < 4.78 is 26.4. The Morgan fingerprint density at radius 3 is 2.39 bits per heavy atom. The van der Waals surface area contributed by atoms with Crippen molar-refractivity contribution >= 4 is 50.7 Å². The molecule has 0 aliphatic rings. The Kier molecular flexibility index (Phi) is 8.37. The fourth-order valence-electron chi connectivity index (χ4n) is 2.65. The SMILES string of the molecule is CCN(CC)S(=O)(=O)c1ccc(NC(=S)NC(=O)/C=C/c2cccc([N+](=O)[O-])c2)cc1. The lowest BCUT2D eigenvalue weighted by molar-refractivity contribution is -0.384. The second-order valence-corrected chi connectivity index (χ2v) is 8.59. The first-order valence-electron chi connectivity index (χ1n) is 9.32. The van der Waals surface area contributed by atoms with Gasteiger partial charge < -0.3 is 5.32 Å². The fraction of sp³-hybridized carbons (Fsp3) is 0.200. The monoisotopic (exact) mass is 462 g/mol. The number of nitro groups is 1. The Labute approximate surface area is 186 Å². The number of carbonyl (C=O) groups excluding carboxylic acids is 1. The Morgan fingerprint density at radius 1 is 1.16 bits per heavy atom. The maximum atomic E-state index is 12.5. The van der Waals surface area contributed by atoms with Crippen molar-refractivity contribution in [1.82, 2.24) is 9.62 Å². The molecule has 0 bridgehead atoms. The normalized spacial score (nSPS) is 11.5. The standard InChI is InChI=1S/C20H22N4O5S2/c1-3-23(4-2)31(28,29)18-11-9-16(10-12-18)21-20(30)22-19(25)13-8-15-6-5-7-17(14-15)24(26)27/h5-14H,3-4H2,1-2H3,(H2,21,22,25,30)/b13-8+. The third-order valence-corrected chi connectivity index (χ3v) is 6.47. The molecule has 0 heterocycles. The number of anilines is 1. The van der Waals surface area contributed by atoms with Gasteiger partial charge in [0.25, 0.3) is 5.69 Å². The van der Waals surface area contributed by atoms with E-state index in [1.165, 1.54) is 46.8 Å². The Hall–Kier alpha value is -3.15. The van der Waals surface area contributed by atoms with Crippen LogP contribution in [-0.4, -0.2) is 41.8 Å². The zero-order valence-electron chi connectivity index (χ0n) is 16.9. The quantitative estimate of drug-likeness (QED) is 0.267. The van der Waals surface area contributed by atoms with Crippen LogP contribution < -0.4 is 10.6 Å². The molecule has 2 rings (SSSR count). The van der Waals surface area contributed by atoms with Crippen LogP contribution in [0.25, 0.3) is 6.08 Å². The summed E-state index contributed by atoms with van der Waals surface area (Å²) >= 11 is 5.09. The molecule has 0 saturated heterocycles. The number of non-ortho nitro benzene ring substituents is 1. The zero-order chi connectivity index (χ0) is 23.0. The van der Waals surface area contributed by atoms with E-state index < -0.39 is 20.9 Å². The summed E-state index contributed by atoms with van der Waals surface area (Å²) in [5.41, 5.74) is 0.922. The Bertz CT molecular complexity index is 1090. The van der Waals surface area contributed by atoms with Crippen molar-refractivity contribution in [3.8, 4) is 0 Å². The molecule has 0 aliphatic heterocycles. The summed E-state index contributed by atoms with van der Waals surface area (Å²) in [5, 5.41) is 16.1. The van der Waals surface area contributed by atoms with Gasteiger partial charge in [-0.2, -0.15) is 4.31 Å². The van der Waals surface area contributed by atoms with Crippen LogP contribution in [0.1, 0.15) is 19.4 Å². The molecule has 0 radical (unpaired) electrons. The maximum Gasteiger partial charge on any atom is 0.270 e. The predicted octanol–water partition coefficient (Wildman–Crippen LogP) is 3.15. The van der Waals surface area contributed by atoms with Crippen LogP contribution in [0.4, 0.5) is 11.4 Å². The average molecular weight is 463 g/mol. The summed E-state index contributed by atoms with van der Waals surface area (Å²) in [6.45, 7) is 4.29. The number of hydrogen-bond donors (Lipinski definition) is 2. The number of amides is 1. The van der Waals surface area contributed by atoms with E-state index in [-0.39, 0.29) is 15.7 Å². The van der Waals surface area contributed by atoms with E-state index in [1.54, 1.807) is 32.0 Å². The van der Waals surface area contributed by atoms with Gasteiger partial charge in [0.2, 0.25) is 15.9 Å². The van der Waals surface area contributed by atoms with E-state index in [2.05, 4.69) is 10.6 Å². The molecule has 1 amide bonds. The molecule has 11 heteroatoms. The van der Waals surface area contributed by atoms with Gasteiger partial charge in [-0.1, -0.05) is 26.0 Å². The first-order chi connectivity index (χ1) is 14.7. The molecule has 0 saturated carbocycles. The van der Waals surface area contributed by atoms with Crippen LogP contribution in [0.2, 0.25) is 0 Å². The van der Waals surface area contributed by atoms with E-state index in [0.29, 0.717) is 24.3 Å². The van der Waals surface area contributed by atoms with Crippen molar-refractivity contribution in [3.05, 3.63) is 70.3 Å². The van der Waals surface area contributed by atoms with Gasteiger partial charge in [0.15, 0.2) is 5.11 Å². The van der Waals surface area contributed by atoms with Crippen LogP contribution in [0.3, 0.4) is 0 Å². The summed E-state index contributed by atoms with van der Waals surface area (Å²) in [4.78, 5) is 22.5. The number of thiocarbonyl (C=S) groups is 1. The largest absolute Gasteiger partial charge is 0.332 e. The Morgan fingerprint density at radius 2 is 1.81 bits per heavy atom. The minimum absolute atomic E-state index is 0.0213. The molecule has 2 aromatic rings. The van der Waals surface area contributed by atoms with Gasteiger partial charge in [0, 0.05) is 37.0 Å². The van der Waals surface area contributed by atoms with E-state index in [9.17, 15) is 23.3 Å². The molecule has 0 aromatic heterocycles. The lowest BCUT2D eigenvalue weighted by Crippen LogP contribution is -2.33. The van der Waals surface area contributed by atoms with Crippen LogP contribution in [0, 0.1) is 10.1 Å². The van der Waals surface area contributed by atoms with Crippen molar-refractivity contribution in [3.63, 3.8) is 0 Å². The van der Waals surface area contributed by atoms with Crippen LogP contribution in [0.5, 0.6) is 0 Å². The number of nitrogens with one attached hydrogen (secondary N) is 2. The van der Waals surface area contributed by atoms with Crippen molar-refractivity contribution in [2.75, 3.05) is 18.4 Å². The summed E-state index contributed by atoms with van der Waals surface area (Å²) in [5.74, 6) is -0.523. The first-order valence-corrected chi connectivity index (χ1v) is 11.2. The fourth-order valence-corrected chi connectivity index (χ4v) is 4.33. The molecular weight excluding hydrogens is 440 g/mol. The number of sulfonamides is 1. The summed E-state index contributed by atoms with van der Waals surface area (Å²) in [6.07, 6.45) is 2.63. The zero-order valence-corrected chi connectivity index (χ0v) is 18.6. The maximum absolute atomic E-state index is 12.5. The summed E-state index contributed by atoms with van der Waals surface area (Å²) in [7, 11) is -3.56. The van der Waals surface area contributed by atoms with Gasteiger partial charge in [0.1, 0.15) is 0 Å². The molecule has 0 spiro atoms. The van der Waals surface area contributed by atoms with Gasteiger partial charge in [-0.3, -0.25) is 20.2 Å². The lowest BCUT2D eigenvalue weighted by atomic mass is 10.2. The van der Waals surface area contributed by atoms with Crippen LogP contribution in [0.15, 0.2) is 59.5 Å². The van der Waals surface area contributed by atoms with Crippen molar-refractivity contribution in [1.29, 1.82) is 0 Å². The number of carbonyl (C=O) groups is 1. The molecule has 9 nitrogen and oxygen atoms in total. The van der Waals surface area contributed by atoms with Crippen molar-refractivity contribution < 1.29 is 18.1 Å². The molecule has 164 valence electrons. The second kappa shape index (κ2) is 10.8. The molecule has 2 aromatic carbocycles. The van der Waals surface area contributed by atoms with E-state index in [0.717, 1.165) is 0 Å². The number of nitro benzene ring substituents is 1. The minimum Gasteiger partial charge on any atom is -0.332 e. The molecule has 2 N–H and O–H groups in total. The van der Waals surface area contributed by atoms with Gasteiger partial charge in [0.05, 0.1) is 9.82 Å². The molecule has 0 aliphatic carbocycles. The second-order valence-electron chi connectivity index (χ2n) is 6.24. The third kappa shape index (κ3) is 6.67. The molecular formula is C20H22N4O5S2. The van der Waals surface area contributed by atoms with Gasteiger partial charge in [-0.05, 0) is 48.1 Å². The van der Waals surface area contributed by atoms with Gasteiger partial charge in [-0.25, -0.2) is 8.42 Å². The first kappa shape index (κ1) is 24.1. The minimum atomic E-state index is -3.56. The number of rotatable bonds is 8. The lowest BCUT2D eigenvalue weighted by Gasteiger charge is -2.18. The molecule has 0 unspecified atom stereocenters. The van der Waals surface area contributed by atoms with Gasteiger partial charge in [-0.15, -0.1) is 0 Å². The highest BCUT2D eigenvalue weighted by atomic mass is 32.2. The van der Waals surface area contributed by atoms with Crippen LogP contribution in [-0.2, 0) is 14.8 Å². The number of hydrogen-bond acceptors (Lipinski definition) is 6. The smallest absolute Gasteiger partial charge is 0.270 e. The highest BCUT2D eigenvalue weighted by molar-refractivity contribution is 7.89. The van der Waals surface area contributed by atoms with E-state index in [1.807, 2.05) is 0 Å². The highest BCUT2D eigenvalue weighted by Crippen LogP contribution is 2.18. The third-order valence-electron chi connectivity index (χ3n) is 4.20. The van der Waals surface area contributed by atoms with E-state index in [4.69, 9.17) is 12.2 Å². The van der Waals surface area contributed by atoms with Crippen molar-refractivity contribution in [2.24, 2.45) is 0 Å². The average Bonchev–Trinajstić information content (AvgIpc) is 2.73. The molecule has 0 fully saturated rings. The van der Waals surface area contributed by atoms with E-state index >= 15 is 0 Å². The number of benzene rings is 2. The molecule has 31 heavy (non-hydrogen) atoms. The predicted molar refractivity (Wildman–Crippen MR) is 123 cm³/mol. The molecule has 0 atom stereocenters. The highest BCUT2D eigenvalue weighted by Gasteiger charge is 2.21. The van der Waals surface area contributed by atoms with Gasteiger partial charge >= 0.3 is 0 Å². The topological polar surface area (TPSA) is 122 Å². The van der Waals surface area contributed by atoms with Crippen molar-refractivity contribution in [2.45, 2.75) is 18.7 Å². The Balaban J connectivity index is 1.97. The van der Waals surface area contributed by atoms with Crippen LogP contribution >= 0.6 is 12.2 Å². The summed E-state index contributed by atoms with van der Waals surface area (Å²) in [6, 6.07) is 11.9.